The number of aliphatic carboxylic acids is 1. The lowest BCUT2D eigenvalue weighted by Crippen LogP contribution is -2.37. The van der Waals surface area contributed by atoms with Gasteiger partial charge in [0.05, 0.1) is 7.11 Å². The summed E-state index contributed by atoms with van der Waals surface area (Å²) in [6, 6.07) is 6.47. The molecule has 1 aromatic carbocycles. The molecule has 0 amide bonds. The summed E-state index contributed by atoms with van der Waals surface area (Å²) in [5, 5.41) is 29.4. The van der Waals surface area contributed by atoms with E-state index in [0.717, 1.165) is 11.3 Å². The summed E-state index contributed by atoms with van der Waals surface area (Å²) in [5.41, 5.74) is 0.927. The van der Waals surface area contributed by atoms with Crippen molar-refractivity contribution in [1.82, 2.24) is 5.32 Å². The number of nitrogens with one attached hydrogen (secondary N) is 1. The molecule has 0 saturated heterocycles. The summed E-state index contributed by atoms with van der Waals surface area (Å²) in [4.78, 5) is 11.0. The molecule has 1 rings (SSSR count). The highest BCUT2D eigenvalue weighted by atomic mass is 16.5. The van der Waals surface area contributed by atoms with Gasteiger partial charge in [-0.1, -0.05) is 12.1 Å². The molecule has 0 aromatic heterocycles. The smallest absolute Gasteiger partial charge is 0.451 e. The van der Waals surface area contributed by atoms with Crippen LogP contribution in [0.5, 0.6) is 5.75 Å². The van der Waals surface area contributed by atoms with Crippen molar-refractivity contribution in [3.63, 3.8) is 0 Å². The van der Waals surface area contributed by atoms with Gasteiger partial charge in [0.2, 0.25) is 0 Å². The molecule has 0 fully saturated rings. The number of benzene rings is 1. The van der Waals surface area contributed by atoms with Crippen molar-refractivity contribution in [3.05, 3.63) is 29.8 Å². The van der Waals surface area contributed by atoms with Gasteiger partial charge in [0.25, 0.3) is 0 Å². The highest BCUT2D eigenvalue weighted by Crippen LogP contribution is 2.11. The normalized spacial score (nSPS) is 11.9. The van der Waals surface area contributed by atoms with E-state index in [2.05, 4.69) is 5.32 Å². The van der Waals surface area contributed by atoms with Gasteiger partial charge >= 0.3 is 13.1 Å². The summed E-state index contributed by atoms with van der Waals surface area (Å²) >= 11 is 0. The van der Waals surface area contributed by atoms with Crippen molar-refractivity contribution in [3.8, 4) is 5.75 Å². The van der Waals surface area contributed by atoms with E-state index in [1.54, 1.807) is 19.2 Å². The molecule has 19 heavy (non-hydrogen) atoms. The van der Waals surface area contributed by atoms with Crippen LogP contribution in [0, 0.1) is 0 Å². The Morgan fingerprint density at radius 2 is 2.00 bits per heavy atom. The topological polar surface area (TPSA) is 99.0 Å². The Labute approximate surface area is 112 Å². The Hall–Kier alpha value is -1.57. The number of ether oxygens (including phenoxy) is 1. The van der Waals surface area contributed by atoms with Gasteiger partial charge in [-0.25, -0.2) is 0 Å². The van der Waals surface area contributed by atoms with E-state index in [1.807, 2.05) is 12.1 Å². The number of hydrogen-bond donors (Lipinski definition) is 4. The fourth-order valence-corrected chi connectivity index (χ4v) is 1.61. The van der Waals surface area contributed by atoms with Crippen LogP contribution in [0.25, 0.3) is 0 Å². The molecule has 7 heteroatoms. The van der Waals surface area contributed by atoms with Crippen molar-refractivity contribution in [2.24, 2.45) is 0 Å². The quantitative estimate of drug-likeness (QED) is 0.499. The second-order valence-electron chi connectivity index (χ2n) is 4.18. The van der Waals surface area contributed by atoms with Gasteiger partial charge in [0.1, 0.15) is 11.8 Å². The van der Waals surface area contributed by atoms with Crippen LogP contribution in [-0.2, 0) is 11.3 Å². The Bertz CT molecular complexity index is 396. The van der Waals surface area contributed by atoms with Gasteiger partial charge in [0, 0.05) is 6.54 Å². The minimum atomic E-state index is -1.48. The van der Waals surface area contributed by atoms with Crippen LogP contribution in [0.2, 0.25) is 6.32 Å². The average Bonchev–Trinajstić information content (AvgIpc) is 2.38. The molecule has 0 aliphatic carbocycles. The van der Waals surface area contributed by atoms with E-state index < -0.39 is 19.1 Å². The zero-order chi connectivity index (χ0) is 14.3. The molecule has 0 spiro atoms. The van der Waals surface area contributed by atoms with E-state index >= 15 is 0 Å². The second-order valence-corrected chi connectivity index (χ2v) is 4.18. The molecule has 0 bridgehead atoms. The van der Waals surface area contributed by atoms with Crippen molar-refractivity contribution in [2.45, 2.75) is 25.3 Å². The number of methoxy groups -OCH3 is 1. The summed E-state index contributed by atoms with van der Waals surface area (Å²) in [7, 11) is 0.0955. The molecular formula is C12H18BNO5. The molecule has 4 N–H and O–H groups in total. The molecule has 0 unspecified atom stereocenters. The molecule has 0 aliphatic rings. The maximum Gasteiger partial charge on any atom is 0.451 e. The zero-order valence-corrected chi connectivity index (χ0v) is 10.7. The summed E-state index contributed by atoms with van der Waals surface area (Å²) in [6.07, 6.45) is 0.176. The summed E-state index contributed by atoms with van der Waals surface area (Å²) in [6.45, 7) is 0.391. The molecule has 0 aliphatic heterocycles. The first-order valence-corrected chi connectivity index (χ1v) is 5.98. The molecule has 1 atom stereocenters. The molecule has 1 aromatic rings. The molecule has 0 saturated carbocycles. The Balaban J connectivity index is 2.48. The van der Waals surface area contributed by atoms with Crippen molar-refractivity contribution in [1.29, 1.82) is 0 Å². The largest absolute Gasteiger partial charge is 0.497 e. The number of carbonyl (C=O) groups is 1. The first kappa shape index (κ1) is 15.5. The lowest BCUT2D eigenvalue weighted by molar-refractivity contribution is -0.139. The summed E-state index contributed by atoms with van der Waals surface area (Å²) in [5.74, 6) is -0.268. The Kier molecular flexibility index (Phi) is 6.34. The van der Waals surface area contributed by atoms with Gasteiger partial charge in [-0.15, -0.1) is 0 Å². The van der Waals surface area contributed by atoms with Crippen LogP contribution in [0.1, 0.15) is 12.0 Å². The van der Waals surface area contributed by atoms with Crippen molar-refractivity contribution >= 4 is 13.1 Å². The van der Waals surface area contributed by atoms with Crippen LogP contribution in [-0.4, -0.2) is 41.4 Å². The van der Waals surface area contributed by atoms with Gasteiger partial charge in [-0.2, -0.15) is 0 Å². The third kappa shape index (κ3) is 5.74. The van der Waals surface area contributed by atoms with E-state index in [0.29, 0.717) is 6.54 Å². The predicted molar refractivity (Wildman–Crippen MR) is 70.9 cm³/mol. The lowest BCUT2D eigenvalue weighted by atomic mass is 9.82. The number of rotatable bonds is 8. The van der Waals surface area contributed by atoms with Gasteiger partial charge < -0.3 is 25.2 Å². The van der Waals surface area contributed by atoms with Crippen LogP contribution < -0.4 is 10.1 Å². The highest BCUT2D eigenvalue weighted by Gasteiger charge is 2.19. The minimum absolute atomic E-state index is 0.0204. The van der Waals surface area contributed by atoms with E-state index in [4.69, 9.17) is 19.9 Å². The maximum atomic E-state index is 11.0. The maximum absolute atomic E-state index is 11.0. The zero-order valence-electron chi connectivity index (χ0n) is 10.7. The lowest BCUT2D eigenvalue weighted by Gasteiger charge is -2.14. The Morgan fingerprint density at radius 1 is 1.37 bits per heavy atom. The SMILES string of the molecule is COc1ccc(CN[C@H](CCB(O)O)C(=O)O)cc1. The van der Waals surface area contributed by atoms with Gasteiger partial charge in [-0.3, -0.25) is 4.79 Å². The van der Waals surface area contributed by atoms with Crippen LogP contribution in [0.4, 0.5) is 0 Å². The fraction of sp³-hybridized carbons (Fsp3) is 0.417. The third-order valence-electron chi connectivity index (χ3n) is 2.72. The molecule has 0 radical (unpaired) electrons. The van der Waals surface area contributed by atoms with Crippen LogP contribution in [0.3, 0.4) is 0 Å². The first-order valence-electron chi connectivity index (χ1n) is 5.98. The van der Waals surface area contributed by atoms with Crippen molar-refractivity contribution in [2.75, 3.05) is 7.11 Å². The number of carboxylic acid groups (broad SMARTS) is 1. The van der Waals surface area contributed by atoms with Gasteiger partial charge in [0.15, 0.2) is 0 Å². The minimum Gasteiger partial charge on any atom is -0.497 e. The first-order chi connectivity index (χ1) is 9.02. The molecular weight excluding hydrogens is 249 g/mol. The van der Waals surface area contributed by atoms with E-state index in [1.165, 1.54) is 0 Å². The average molecular weight is 267 g/mol. The number of carboxylic acids is 1. The Morgan fingerprint density at radius 3 is 2.47 bits per heavy atom. The number of hydrogen-bond acceptors (Lipinski definition) is 5. The fourth-order valence-electron chi connectivity index (χ4n) is 1.61. The van der Waals surface area contributed by atoms with E-state index in [-0.39, 0.29) is 12.7 Å². The summed E-state index contributed by atoms with van der Waals surface area (Å²) < 4.78 is 5.03. The predicted octanol–water partition coefficient (Wildman–Crippen LogP) is 0.101. The molecule has 0 heterocycles. The van der Waals surface area contributed by atoms with Crippen LogP contribution >= 0.6 is 0 Å². The highest BCUT2D eigenvalue weighted by molar-refractivity contribution is 6.40. The molecule has 104 valence electrons. The third-order valence-corrected chi connectivity index (χ3v) is 2.72. The van der Waals surface area contributed by atoms with Gasteiger partial charge in [-0.05, 0) is 30.4 Å². The van der Waals surface area contributed by atoms with Crippen molar-refractivity contribution < 1.29 is 24.7 Å². The monoisotopic (exact) mass is 267 g/mol. The second kappa shape index (κ2) is 7.78. The van der Waals surface area contributed by atoms with Crippen LogP contribution in [0.15, 0.2) is 24.3 Å². The van der Waals surface area contributed by atoms with E-state index in [9.17, 15) is 4.79 Å². The standard InChI is InChI=1S/C12H18BNO5/c1-19-10-4-2-9(3-5-10)8-14-11(12(15)16)6-7-13(17)18/h2-5,11,14,17-18H,6-8H2,1H3,(H,15,16)/t11-/m1/s1. The molecule has 6 nitrogen and oxygen atoms in total.